The molecule has 1 atom stereocenters. The summed E-state index contributed by atoms with van der Waals surface area (Å²) in [6.45, 7) is 8.17. The first-order valence-corrected chi connectivity index (χ1v) is 6.28. The van der Waals surface area contributed by atoms with E-state index in [1.54, 1.807) is 11.2 Å². The molecular formula is C13H20N2O3. The summed E-state index contributed by atoms with van der Waals surface area (Å²) < 4.78 is 10.8. The minimum Gasteiger partial charge on any atom is -0.446 e. The zero-order valence-electron chi connectivity index (χ0n) is 11.4. The van der Waals surface area contributed by atoms with Crippen molar-refractivity contribution in [2.24, 2.45) is 0 Å². The lowest BCUT2D eigenvalue weighted by atomic mass is 10.2. The summed E-state index contributed by atoms with van der Waals surface area (Å²) in [5, 5.41) is 0. The van der Waals surface area contributed by atoms with Crippen LogP contribution in [0.3, 0.4) is 0 Å². The molecule has 0 spiro atoms. The Labute approximate surface area is 107 Å². The molecule has 1 amide bonds. The molecule has 100 valence electrons. The molecule has 1 saturated heterocycles. The second-order valence-electron chi connectivity index (χ2n) is 5.66. The van der Waals surface area contributed by atoms with Crippen LogP contribution in [0.5, 0.6) is 0 Å². The van der Waals surface area contributed by atoms with Gasteiger partial charge in [0.1, 0.15) is 17.9 Å². The quantitative estimate of drug-likeness (QED) is 0.770. The summed E-state index contributed by atoms with van der Waals surface area (Å²) in [4.78, 5) is 18.1. The van der Waals surface area contributed by atoms with Crippen molar-refractivity contribution in [2.75, 3.05) is 6.54 Å². The van der Waals surface area contributed by atoms with Crippen LogP contribution < -0.4 is 0 Å². The van der Waals surface area contributed by atoms with Crippen molar-refractivity contribution in [3.8, 4) is 0 Å². The van der Waals surface area contributed by atoms with E-state index in [0.29, 0.717) is 12.4 Å². The van der Waals surface area contributed by atoms with Crippen molar-refractivity contribution in [1.82, 2.24) is 9.88 Å². The number of hydrogen-bond donors (Lipinski definition) is 0. The summed E-state index contributed by atoms with van der Waals surface area (Å²) in [6, 6.07) is -0.0893. The fraction of sp³-hybridized carbons (Fsp3) is 0.692. The minimum atomic E-state index is -0.475. The number of aromatic nitrogens is 1. The van der Waals surface area contributed by atoms with E-state index in [9.17, 15) is 4.79 Å². The van der Waals surface area contributed by atoms with Crippen LogP contribution in [0.4, 0.5) is 4.79 Å². The lowest BCUT2D eigenvalue weighted by molar-refractivity contribution is 0.0204. The molecule has 0 saturated carbocycles. The molecule has 0 radical (unpaired) electrons. The highest BCUT2D eigenvalue weighted by molar-refractivity contribution is 5.69. The van der Waals surface area contributed by atoms with Crippen LogP contribution in [-0.4, -0.2) is 28.1 Å². The molecule has 5 heteroatoms. The number of carbonyl (C=O) groups excluding carboxylic acids is 1. The van der Waals surface area contributed by atoms with Gasteiger partial charge in [0.05, 0.1) is 5.69 Å². The normalized spacial score (nSPS) is 20.2. The van der Waals surface area contributed by atoms with E-state index in [1.165, 1.54) is 0 Å². The highest BCUT2D eigenvalue weighted by atomic mass is 16.6. The molecule has 2 rings (SSSR count). The van der Waals surface area contributed by atoms with Gasteiger partial charge in [-0.2, -0.15) is 0 Å². The second-order valence-corrected chi connectivity index (χ2v) is 5.66. The Hall–Kier alpha value is -1.52. The fourth-order valence-corrected chi connectivity index (χ4v) is 2.09. The Kier molecular flexibility index (Phi) is 3.32. The van der Waals surface area contributed by atoms with Crippen molar-refractivity contribution >= 4 is 6.09 Å². The first-order valence-electron chi connectivity index (χ1n) is 6.28. The third-order valence-electron chi connectivity index (χ3n) is 2.80. The van der Waals surface area contributed by atoms with Gasteiger partial charge in [-0.25, -0.2) is 9.78 Å². The average molecular weight is 252 g/mol. The van der Waals surface area contributed by atoms with Gasteiger partial charge in [0.2, 0.25) is 5.89 Å². The van der Waals surface area contributed by atoms with E-state index >= 15 is 0 Å². The topological polar surface area (TPSA) is 55.6 Å². The molecule has 0 bridgehead atoms. The molecule has 0 unspecified atom stereocenters. The molecule has 1 aromatic rings. The Morgan fingerprint density at radius 1 is 1.56 bits per heavy atom. The lowest BCUT2D eigenvalue weighted by Gasteiger charge is -2.27. The molecule has 1 aliphatic heterocycles. The predicted molar refractivity (Wildman–Crippen MR) is 66.2 cm³/mol. The zero-order valence-corrected chi connectivity index (χ0v) is 11.4. The minimum absolute atomic E-state index is 0.0893. The molecule has 1 aromatic heterocycles. The van der Waals surface area contributed by atoms with Crippen molar-refractivity contribution < 1.29 is 13.9 Å². The Morgan fingerprint density at radius 3 is 2.83 bits per heavy atom. The fourth-order valence-electron chi connectivity index (χ4n) is 2.09. The molecule has 1 fully saturated rings. The smallest absolute Gasteiger partial charge is 0.410 e. The number of ether oxygens (including phenoxy) is 1. The summed E-state index contributed by atoms with van der Waals surface area (Å²) in [6.07, 6.45) is 3.15. The van der Waals surface area contributed by atoms with E-state index in [4.69, 9.17) is 9.15 Å². The van der Waals surface area contributed by atoms with Gasteiger partial charge < -0.3 is 9.15 Å². The molecule has 5 nitrogen and oxygen atoms in total. The van der Waals surface area contributed by atoms with Gasteiger partial charge >= 0.3 is 6.09 Å². The zero-order chi connectivity index (χ0) is 13.3. The Balaban J connectivity index is 2.10. The predicted octanol–water partition coefficient (Wildman–Crippen LogP) is 3.06. The SMILES string of the molecule is Cc1coc([C@@H]2CCCN2C(=O)OC(C)(C)C)n1. The van der Waals surface area contributed by atoms with Crippen molar-refractivity contribution in [2.45, 2.75) is 52.2 Å². The summed E-state index contributed by atoms with van der Waals surface area (Å²) in [7, 11) is 0. The number of nitrogens with zero attached hydrogens (tertiary/aromatic N) is 2. The van der Waals surface area contributed by atoms with Crippen LogP contribution in [-0.2, 0) is 4.74 Å². The van der Waals surface area contributed by atoms with Gasteiger partial charge in [-0.05, 0) is 40.5 Å². The first-order chi connectivity index (χ1) is 8.37. The summed E-state index contributed by atoms with van der Waals surface area (Å²) >= 11 is 0. The van der Waals surface area contributed by atoms with Crippen LogP contribution in [0.15, 0.2) is 10.7 Å². The van der Waals surface area contributed by atoms with Crippen molar-refractivity contribution in [1.29, 1.82) is 0 Å². The molecule has 0 N–H and O–H groups in total. The van der Waals surface area contributed by atoms with Crippen LogP contribution >= 0.6 is 0 Å². The summed E-state index contributed by atoms with van der Waals surface area (Å²) in [5.74, 6) is 0.607. The van der Waals surface area contributed by atoms with Crippen molar-refractivity contribution in [3.05, 3.63) is 17.8 Å². The Bertz CT molecular complexity index is 434. The van der Waals surface area contributed by atoms with E-state index < -0.39 is 5.60 Å². The third kappa shape index (κ3) is 2.83. The van der Waals surface area contributed by atoms with Gasteiger partial charge in [-0.1, -0.05) is 0 Å². The molecule has 18 heavy (non-hydrogen) atoms. The molecule has 0 aromatic carbocycles. The highest BCUT2D eigenvalue weighted by Gasteiger charge is 2.35. The highest BCUT2D eigenvalue weighted by Crippen LogP contribution is 2.32. The first kappa shape index (κ1) is 12.9. The van der Waals surface area contributed by atoms with Gasteiger partial charge in [-0.3, -0.25) is 4.90 Å². The maximum atomic E-state index is 12.1. The standard InChI is InChI=1S/C13H20N2O3/c1-9-8-17-11(14-9)10-6-5-7-15(10)12(16)18-13(2,3)4/h8,10H,5-7H2,1-4H3/t10-/m0/s1. The van der Waals surface area contributed by atoms with Gasteiger partial charge in [0.25, 0.3) is 0 Å². The molecular weight excluding hydrogens is 232 g/mol. The molecule has 0 aliphatic carbocycles. The van der Waals surface area contributed by atoms with E-state index in [2.05, 4.69) is 4.98 Å². The second kappa shape index (κ2) is 4.63. The molecule has 2 heterocycles. The van der Waals surface area contributed by atoms with Crippen LogP contribution in [0.2, 0.25) is 0 Å². The van der Waals surface area contributed by atoms with E-state index in [0.717, 1.165) is 18.5 Å². The van der Waals surface area contributed by atoms with Gasteiger partial charge in [-0.15, -0.1) is 0 Å². The number of oxazole rings is 1. The largest absolute Gasteiger partial charge is 0.446 e. The van der Waals surface area contributed by atoms with Crippen molar-refractivity contribution in [3.63, 3.8) is 0 Å². The number of carbonyl (C=O) groups is 1. The van der Waals surface area contributed by atoms with Crippen LogP contribution in [0.25, 0.3) is 0 Å². The number of aryl methyl sites for hydroxylation is 1. The van der Waals surface area contributed by atoms with Gasteiger partial charge in [0.15, 0.2) is 0 Å². The van der Waals surface area contributed by atoms with Crippen LogP contribution in [0.1, 0.15) is 51.2 Å². The van der Waals surface area contributed by atoms with Crippen LogP contribution in [0, 0.1) is 6.92 Å². The number of amides is 1. The lowest BCUT2D eigenvalue weighted by Crippen LogP contribution is -2.36. The number of rotatable bonds is 1. The third-order valence-corrected chi connectivity index (χ3v) is 2.80. The maximum absolute atomic E-state index is 12.1. The Morgan fingerprint density at radius 2 is 2.28 bits per heavy atom. The number of hydrogen-bond acceptors (Lipinski definition) is 4. The monoisotopic (exact) mass is 252 g/mol. The number of likely N-dealkylation sites (tertiary alicyclic amines) is 1. The summed E-state index contributed by atoms with van der Waals surface area (Å²) in [5.41, 5.74) is 0.359. The maximum Gasteiger partial charge on any atom is 0.410 e. The average Bonchev–Trinajstić information content (AvgIpc) is 2.81. The molecule has 1 aliphatic rings. The van der Waals surface area contributed by atoms with E-state index in [1.807, 2.05) is 27.7 Å². The van der Waals surface area contributed by atoms with E-state index in [-0.39, 0.29) is 12.1 Å². The van der Waals surface area contributed by atoms with Gasteiger partial charge in [0, 0.05) is 6.54 Å².